The van der Waals surface area contributed by atoms with Crippen molar-refractivity contribution in [3.63, 3.8) is 0 Å². The molecule has 4 heterocycles. The molecule has 1 unspecified atom stereocenters. The molecular weight excluding hydrogens is 392 g/mol. The van der Waals surface area contributed by atoms with Crippen LogP contribution in [-0.4, -0.2) is 45.1 Å². The fourth-order valence-electron chi connectivity index (χ4n) is 3.71. The maximum atomic E-state index is 12.8. The van der Waals surface area contributed by atoms with Crippen LogP contribution in [0.5, 0.6) is 0 Å². The van der Waals surface area contributed by atoms with Crippen LogP contribution in [-0.2, 0) is 11.8 Å². The number of pyridine rings is 2. The number of hydrogen-bond acceptors (Lipinski definition) is 6. The molecule has 8 heteroatoms. The lowest BCUT2D eigenvalue weighted by Gasteiger charge is -2.23. The van der Waals surface area contributed by atoms with Gasteiger partial charge in [0.15, 0.2) is 0 Å². The Morgan fingerprint density at radius 3 is 2.90 bits per heavy atom. The average Bonchev–Trinajstić information content (AvgIpc) is 3.25. The summed E-state index contributed by atoms with van der Waals surface area (Å²) in [5.74, 6) is 0.260. The van der Waals surface area contributed by atoms with E-state index in [1.54, 1.807) is 30.9 Å². The van der Waals surface area contributed by atoms with Gasteiger partial charge in [-0.25, -0.2) is 9.97 Å². The van der Waals surface area contributed by atoms with Crippen molar-refractivity contribution < 1.29 is 9.53 Å². The van der Waals surface area contributed by atoms with E-state index in [9.17, 15) is 4.79 Å². The zero-order valence-electron chi connectivity index (χ0n) is 17.1. The zero-order chi connectivity index (χ0) is 21.2. The Bertz CT molecular complexity index is 1250. The monoisotopic (exact) mass is 414 g/mol. The molecule has 1 fully saturated rings. The summed E-state index contributed by atoms with van der Waals surface area (Å²) in [4.78, 5) is 25.8. The van der Waals surface area contributed by atoms with Gasteiger partial charge in [-0.1, -0.05) is 12.1 Å². The fourth-order valence-corrected chi connectivity index (χ4v) is 3.71. The summed E-state index contributed by atoms with van der Waals surface area (Å²) in [5, 5.41) is 8.15. The van der Waals surface area contributed by atoms with E-state index < -0.39 is 0 Å². The molecule has 31 heavy (non-hydrogen) atoms. The number of fused-ring (bicyclic) bond motifs is 1. The van der Waals surface area contributed by atoms with Gasteiger partial charge < -0.3 is 19.9 Å². The van der Waals surface area contributed by atoms with Gasteiger partial charge in [-0.3, -0.25) is 9.78 Å². The molecule has 1 aliphatic heterocycles. The standard InChI is InChI=1S/C23H22N6O2/c1-29-14-25-12-20(29)15-2-3-17-11-27-22(10-18(17)8-15)28-23(30)16-4-5-26-19(9-16)21-13-24-6-7-31-21/h2-5,8-12,14,21,24H,6-7,13H2,1H3,(H,27,28,30). The van der Waals surface area contributed by atoms with Crippen molar-refractivity contribution in [2.45, 2.75) is 6.10 Å². The minimum atomic E-state index is -0.234. The first-order valence-corrected chi connectivity index (χ1v) is 10.1. The predicted octanol–water partition coefficient (Wildman–Crippen LogP) is 2.94. The molecule has 2 N–H and O–H groups in total. The number of anilines is 1. The Labute approximate surface area is 179 Å². The van der Waals surface area contributed by atoms with E-state index in [0.29, 0.717) is 24.5 Å². The second-order valence-electron chi connectivity index (χ2n) is 7.51. The van der Waals surface area contributed by atoms with E-state index >= 15 is 0 Å². The highest BCUT2D eigenvalue weighted by molar-refractivity contribution is 6.04. The predicted molar refractivity (Wildman–Crippen MR) is 118 cm³/mol. The number of aryl methyl sites for hydroxylation is 1. The first-order valence-electron chi connectivity index (χ1n) is 10.1. The Kier molecular flexibility index (Phi) is 5.15. The molecule has 0 bridgehead atoms. The van der Waals surface area contributed by atoms with Crippen LogP contribution in [0.1, 0.15) is 22.2 Å². The van der Waals surface area contributed by atoms with Gasteiger partial charge in [-0.15, -0.1) is 0 Å². The number of nitrogens with one attached hydrogen (secondary N) is 2. The van der Waals surface area contributed by atoms with Gasteiger partial charge in [0.05, 0.1) is 30.5 Å². The van der Waals surface area contributed by atoms with Crippen LogP contribution in [0.15, 0.2) is 61.3 Å². The summed E-state index contributed by atoms with van der Waals surface area (Å²) in [6.07, 6.45) is 6.85. The van der Waals surface area contributed by atoms with E-state index in [0.717, 1.165) is 34.3 Å². The van der Waals surface area contributed by atoms with Gasteiger partial charge in [0, 0.05) is 49.0 Å². The van der Waals surface area contributed by atoms with E-state index in [4.69, 9.17) is 4.74 Å². The molecule has 0 spiro atoms. The Morgan fingerprint density at radius 1 is 1.16 bits per heavy atom. The van der Waals surface area contributed by atoms with Gasteiger partial charge in [0.25, 0.3) is 5.91 Å². The highest BCUT2D eigenvalue weighted by Gasteiger charge is 2.18. The summed E-state index contributed by atoms with van der Waals surface area (Å²) in [6.45, 7) is 2.14. The summed E-state index contributed by atoms with van der Waals surface area (Å²) in [6, 6.07) is 11.5. The molecule has 1 atom stereocenters. The van der Waals surface area contributed by atoms with Crippen LogP contribution in [0.2, 0.25) is 0 Å². The number of carbonyl (C=O) groups is 1. The Balaban J connectivity index is 1.38. The lowest BCUT2D eigenvalue weighted by Crippen LogP contribution is -2.33. The van der Waals surface area contributed by atoms with Crippen LogP contribution in [0, 0.1) is 0 Å². The van der Waals surface area contributed by atoms with E-state index in [1.807, 2.05) is 36.0 Å². The Hall–Kier alpha value is -3.62. The van der Waals surface area contributed by atoms with Crippen molar-refractivity contribution in [2.24, 2.45) is 7.05 Å². The van der Waals surface area contributed by atoms with Crippen molar-refractivity contribution in [1.82, 2.24) is 24.8 Å². The van der Waals surface area contributed by atoms with E-state index in [-0.39, 0.29) is 12.0 Å². The molecule has 0 radical (unpaired) electrons. The normalized spacial score (nSPS) is 16.4. The van der Waals surface area contributed by atoms with Crippen LogP contribution >= 0.6 is 0 Å². The summed E-state index contributed by atoms with van der Waals surface area (Å²) in [5.41, 5.74) is 3.33. The van der Waals surface area contributed by atoms with Crippen molar-refractivity contribution in [3.05, 3.63) is 72.6 Å². The first-order chi connectivity index (χ1) is 15.2. The number of morpholine rings is 1. The van der Waals surface area contributed by atoms with Crippen molar-refractivity contribution in [3.8, 4) is 11.3 Å². The lowest BCUT2D eigenvalue weighted by molar-refractivity contribution is 0.0250. The molecule has 1 amide bonds. The number of hydrogen-bond donors (Lipinski definition) is 2. The van der Waals surface area contributed by atoms with Crippen LogP contribution < -0.4 is 10.6 Å². The molecule has 0 aliphatic carbocycles. The molecular formula is C23H22N6O2. The number of ether oxygens (including phenoxy) is 1. The fraction of sp³-hybridized carbons (Fsp3) is 0.217. The maximum Gasteiger partial charge on any atom is 0.256 e. The average molecular weight is 414 g/mol. The van der Waals surface area contributed by atoms with Gasteiger partial charge >= 0.3 is 0 Å². The number of imidazole rings is 1. The lowest BCUT2D eigenvalue weighted by atomic mass is 10.1. The van der Waals surface area contributed by atoms with Crippen molar-refractivity contribution in [2.75, 3.05) is 25.0 Å². The van der Waals surface area contributed by atoms with Crippen LogP contribution in [0.25, 0.3) is 22.0 Å². The number of carbonyl (C=O) groups excluding carboxylic acids is 1. The third-order valence-electron chi connectivity index (χ3n) is 5.38. The summed E-state index contributed by atoms with van der Waals surface area (Å²) < 4.78 is 7.71. The number of benzene rings is 1. The molecule has 156 valence electrons. The minimum absolute atomic E-state index is 0.147. The van der Waals surface area contributed by atoms with Gasteiger partial charge in [0.1, 0.15) is 11.9 Å². The number of rotatable bonds is 4. The second kappa shape index (κ2) is 8.25. The number of nitrogens with zero attached hydrogens (tertiary/aromatic N) is 4. The van der Waals surface area contributed by atoms with Crippen molar-refractivity contribution >= 4 is 22.5 Å². The SMILES string of the molecule is Cn1cncc1-c1ccc2cnc(NC(=O)c3ccnc(C4CNCCO4)c3)cc2c1. The maximum absolute atomic E-state index is 12.8. The molecule has 4 aromatic rings. The second-order valence-corrected chi connectivity index (χ2v) is 7.51. The third-order valence-corrected chi connectivity index (χ3v) is 5.38. The largest absolute Gasteiger partial charge is 0.369 e. The highest BCUT2D eigenvalue weighted by atomic mass is 16.5. The van der Waals surface area contributed by atoms with E-state index in [1.165, 1.54) is 0 Å². The van der Waals surface area contributed by atoms with Crippen molar-refractivity contribution in [1.29, 1.82) is 0 Å². The first kappa shape index (κ1) is 19.3. The van der Waals surface area contributed by atoms with Gasteiger partial charge in [0.2, 0.25) is 0 Å². The summed E-state index contributed by atoms with van der Waals surface area (Å²) in [7, 11) is 1.96. The molecule has 8 nitrogen and oxygen atoms in total. The minimum Gasteiger partial charge on any atom is -0.369 e. The van der Waals surface area contributed by atoms with Crippen LogP contribution in [0.4, 0.5) is 5.82 Å². The number of amides is 1. The quantitative estimate of drug-likeness (QED) is 0.533. The Morgan fingerprint density at radius 2 is 2.10 bits per heavy atom. The molecule has 1 saturated heterocycles. The summed E-state index contributed by atoms with van der Waals surface area (Å²) >= 11 is 0. The third kappa shape index (κ3) is 4.03. The topological polar surface area (TPSA) is 94.0 Å². The van der Waals surface area contributed by atoms with Gasteiger partial charge in [-0.2, -0.15) is 0 Å². The molecule has 1 aromatic carbocycles. The van der Waals surface area contributed by atoms with Crippen LogP contribution in [0.3, 0.4) is 0 Å². The molecule has 5 rings (SSSR count). The smallest absolute Gasteiger partial charge is 0.256 e. The van der Waals surface area contributed by atoms with E-state index in [2.05, 4.69) is 31.7 Å². The molecule has 1 aliphatic rings. The molecule has 3 aromatic heterocycles. The highest BCUT2D eigenvalue weighted by Crippen LogP contribution is 2.25. The van der Waals surface area contributed by atoms with Gasteiger partial charge in [-0.05, 0) is 29.7 Å². The molecule has 0 saturated carbocycles. The number of aromatic nitrogens is 4. The zero-order valence-corrected chi connectivity index (χ0v) is 17.1.